The molecule has 0 spiro atoms. The van der Waals surface area contributed by atoms with Crippen molar-refractivity contribution < 1.29 is 0 Å². The van der Waals surface area contributed by atoms with Crippen molar-refractivity contribution in [1.29, 1.82) is 0 Å². The molecule has 1 fully saturated rings. The normalized spacial score (nSPS) is 32.3. The Morgan fingerprint density at radius 2 is 2.50 bits per heavy atom. The van der Waals surface area contributed by atoms with Gasteiger partial charge in [-0.05, 0) is 18.8 Å². The molecular weight excluding hydrogens is 152 g/mol. The lowest BCUT2D eigenvalue weighted by Crippen LogP contribution is -2.29. The maximum atomic E-state index is 4.24. The Kier molecular flexibility index (Phi) is 1.19. The number of hydrogen-bond acceptors (Lipinski definition) is 3. The van der Waals surface area contributed by atoms with Crippen LogP contribution in [0, 0.1) is 5.92 Å². The lowest BCUT2D eigenvalue weighted by atomic mass is 10.0. The van der Waals surface area contributed by atoms with E-state index >= 15 is 0 Å². The molecule has 0 radical (unpaired) electrons. The predicted octanol–water partition coefficient (Wildman–Crippen LogP) is 1.04. The number of aromatic nitrogens is 3. The summed E-state index contributed by atoms with van der Waals surface area (Å²) in [6.45, 7) is 1.09. The summed E-state index contributed by atoms with van der Waals surface area (Å²) in [5.41, 5.74) is 0. The number of hydrogen-bond donors (Lipinski definition) is 1. The zero-order chi connectivity index (χ0) is 7.97. The maximum Gasteiger partial charge on any atom is 0.221 e. The van der Waals surface area contributed by atoms with E-state index in [0.717, 1.165) is 18.4 Å². The topological polar surface area (TPSA) is 42.7 Å². The summed E-state index contributed by atoms with van der Waals surface area (Å²) in [6.07, 6.45) is 5.61. The molecule has 2 heterocycles. The monoisotopic (exact) mass is 164 g/mol. The summed E-state index contributed by atoms with van der Waals surface area (Å²) >= 11 is 0. The highest BCUT2D eigenvalue weighted by Gasteiger charge is 2.34. The first-order valence-electron chi connectivity index (χ1n) is 4.58. The number of rotatable bonds is 0. The summed E-state index contributed by atoms with van der Waals surface area (Å²) in [4.78, 5) is 4.16. The Bertz CT molecular complexity index is 293. The molecule has 1 aliphatic heterocycles. The minimum Gasteiger partial charge on any atom is -0.354 e. The fourth-order valence-electron chi connectivity index (χ4n) is 2.42. The highest BCUT2D eigenvalue weighted by molar-refractivity contribution is 5.27. The van der Waals surface area contributed by atoms with E-state index in [1.54, 1.807) is 6.33 Å². The summed E-state index contributed by atoms with van der Waals surface area (Å²) in [7, 11) is 0. The van der Waals surface area contributed by atoms with Crippen molar-refractivity contribution in [1.82, 2.24) is 14.8 Å². The molecule has 64 valence electrons. The molecule has 0 aromatic carbocycles. The molecule has 0 bridgehead atoms. The van der Waals surface area contributed by atoms with Crippen LogP contribution in [0.5, 0.6) is 0 Å². The van der Waals surface area contributed by atoms with Crippen LogP contribution in [0.25, 0.3) is 0 Å². The Hall–Kier alpha value is -1.06. The summed E-state index contributed by atoms with van der Waals surface area (Å²) in [6, 6.07) is 0.628. The third kappa shape index (κ3) is 0.722. The molecular formula is C8H12N4. The van der Waals surface area contributed by atoms with Crippen molar-refractivity contribution in [2.24, 2.45) is 5.92 Å². The van der Waals surface area contributed by atoms with E-state index in [1.165, 1.54) is 19.3 Å². The molecule has 1 aromatic rings. The highest BCUT2D eigenvalue weighted by Crippen LogP contribution is 2.38. The molecule has 2 unspecified atom stereocenters. The molecule has 1 aliphatic carbocycles. The maximum absolute atomic E-state index is 4.24. The molecule has 1 N–H and O–H groups in total. The van der Waals surface area contributed by atoms with Gasteiger partial charge < -0.3 is 5.32 Å². The van der Waals surface area contributed by atoms with E-state index in [0.29, 0.717) is 6.04 Å². The van der Waals surface area contributed by atoms with E-state index in [1.807, 2.05) is 0 Å². The van der Waals surface area contributed by atoms with Crippen LogP contribution in [0.1, 0.15) is 25.3 Å². The second-order valence-electron chi connectivity index (χ2n) is 3.67. The summed E-state index contributed by atoms with van der Waals surface area (Å²) in [5, 5.41) is 7.55. The number of nitrogens with zero attached hydrogens (tertiary/aromatic N) is 3. The molecule has 4 heteroatoms. The van der Waals surface area contributed by atoms with Gasteiger partial charge in [0.25, 0.3) is 0 Å². The minimum atomic E-state index is 0.628. The molecule has 12 heavy (non-hydrogen) atoms. The van der Waals surface area contributed by atoms with Crippen LogP contribution in [0.4, 0.5) is 5.95 Å². The van der Waals surface area contributed by atoms with Crippen LogP contribution < -0.4 is 5.32 Å². The van der Waals surface area contributed by atoms with Crippen LogP contribution in [0.2, 0.25) is 0 Å². The van der Waals surface area contributed by atoms with Gasteiger partial charge in [-0.1, -0.05) is 6.42 Å². The first-order valence-corrected chi connectivity index (χ1v) is 4.58. The van der Waals surface area contributed by atoms with E-state index in [9.17, 15) is 0 Å². The van der Waals surface area contributed by atoms with Gasteiger partial charge in [0, 0.05) is 6.54 Å². The smallest absolute Gasteiger partial charge is 0.221 e. The standard InChI is InChI=1S/C8H12N4/c1-2-6-4-9-8-10-5-11-12(8)7(6)3-1/h5-7H,1-4H2,(H,9,10,11). The molecule has 0 saturated heterocycles. The van der Waals surface area contributed by atoms with Crippen molar-refractivity contribution in [3.8, 4) is 0 Å². The Balaban J connectivity index is 2.04. The molecule has 2 aliphatic rings. The SMILES string of the molecule is c1nc2n(n1)C1CCCC1CN2. The first-order chi connectivity index (χ1) is 5.95. The van der Waals surface area contributed by atoms with Gasteiger partial charge in [0.2, 0.25) is 5.95 Å². The second kappa shape index (κ2) is 2.21. The molecule has 1 aromatic heterocycles. The zero-order valence-electron chi connectivity index (χ0n) is 6.90. The van der Waals surface area contributed by atoms with E-state index < -0.39 is 0 Å². The van der Waals surface area contributed by atoms with Gasteiger partial charge in [0.1, 0.15) is 6.33 Å². The average Bonchev–Trinajstić information content (AvgIpc) is 2.71. The Morgan fingerprint density at radius 1 is 1.50 bits per heavy atom. The third-order valence-electron chi connectivity index (χ3n) is 3.03. The van der Waals surface area contributed by atoms with Gasteiger partial charge in [-0.15, -0.1) is 0 Å². The van der Waals surface area contributed by atoms with Gasteiger partial charge >= 0.3 is 0 Å². The van der Waals surface area contributed by atoms with E-state index in [2.05, 4.69) is 20.1 Å². The van der Waals surface area contributed by atoms with Crippen molar-refractivity contribution in [2.45, 2.75) is 25.3 Å². The van der Waals surface area contributed by atoms with Gasteiger partial charge in [-0.25, -0.2) is 4.68 Å². The fraction of sp³-hybridized carbons (Fsp3) is 0.750. The lowest BCUT2D eigenvalue weighted by molar-refractivity contribution is 0.346. The zero-order valence-corrected chi connectivity index (χ0v) is 6.90. The highest BCUT2D eigenvalue weighted by atomic mass is 15.4. The largest absolute Gasteiger partial charge is 0.354 e. The predicted molar refractivity (Wildman–Crippen MR) is 44.9 cm³/mol. The first kappa shape index (κ1) is 6.46. The van der Waals surface area contributed by atoms with Crippen LogP contribution in [0.3, 0.4) is 0 Å². The molecule has 4 nitrogen and oxygen atoms in total. The minimum absolute atomic E-state index is 0.628. The summed E-state index contributed by atoms with van der Waals surface area (Å²) in [5.74, 6) is 1.75. The van der Waals surface area contributed by atoms with Crippen molar-refractivity contribution >= 4 is 5.95 Å². The van der Waals surface area contributed by atoms with Gasteiger partial charge in [0.15, 0.2) is 0 Å². The summed E-state index contributed by atoms with van der Waals surface area (Å²) < 4.78 is 2.06. The van der Waals surface area contributed by atoms with Crippen LogP contribution >= 0.6 is 0 Å². The van der Waals surface area contributed by atoms with E-state index in [-0.39, 0.29) is 0 Å². The molecule has 1 saturated carbocycles. The van der Waals surface area contributed by atoms with Crippen molar-refractivity contribution in [2.75, 3.05) is 11.9 Å². The van der Waals surface area contributed by atoms with Crippen LogP contribution in [0.15, 0.2) is 6.33 Å². The Labute approximate surface area is 71.0 Å². The second-order valence-corrected chi connectivity index (χ2v) is 3.67. The van der Waals surface area contributed by atoms with Crippen LogP contribution in [-0.2, 0) is 0 Å². The van der Waals surface area contributed by atoms with Crippen molar-refractivity contribution in [3.63, 3.8) is 0 Å². The number of anilines is 1. The van der Waals surface area contributed by atoms with E-state index in [4.69, 9.17) is 0 Å². The fourth-order valence-corrected chi connectivity index (χ4v) is 2.42. The molecule has 0 amide bonds. The average molecular weight is 164 g/mol. The number of nitrogens with one attached hydrogen (secondary N) is 1. The lowest BCUT2D eigenvalue weighted by Gasteiger charge is -2.26. The number of fused-ring (bicyclic) bond motifs is 3. The van der Waals surface area contributed by atoms with Gasteiger partial charge in [-0.2, -0.15) is 10.1 Å². The van der Waals surface area contributed by atoms with Crippen LogP contribution in [-0.4, -0.2) is 21.3 Å². The quantitative estimate of drug-likeness (QED) is 0.623. The third-order valence-corrected chi connectivity index (χ3v) is 3.03. The van der Waals surface area contributed by atoms with Crippen molar-refractivity contribution in [3.05, 3.63) is 6.33 Å². The Morgan fingerprint density at radius 3 is 3.50 bits per heavy atom. The van der Waals surface area contributed by atoms with Gasteiger partial charge in [0.05, 0.1) is 6.04 Å². The molecule has 3 rings (SSSR count). The van der Waals surface area contributed by atoms with Gasteiger partial charge in [-0.3, -0.25) is 0 Å². The molecule has 2 atom stereocenters.